The van der Waals surface area contributed by atoms with Crippen molar-refractivity contribution in [1.82, 2.24) is 14.9 Å². The van der Waals surface area contributed by atoms with E-state index in [0.717, 1.165) is 48.5 Å². The van der Waals surface area contributed by atoms with Crippen LogP contribution in [0.3, 0.4) is 0 Å². The first-order valence-corrected chi connectivity index (χ1v) is 9.09. The van der Waals surface area contributed by atoms with Gasteiger partial charge in [0.15, 0.2) is 0 Å². The van der Waals surface area contributed by atoms with E-state index in [1.807, 2.05) is 0 Å². The molecule has 2 heterocycles. The number of rotatable bonds is 2. The van der Waals surface area contributed by atoms with Crippen LogP contribution in [0.25, 0.3) is 22.0 Å². The van der Waals surface area contributed by atoms with Gasteiger partial charge in [-0.2, -0.15) is 4.98 Å². The van der Waals surface area contributed by atoms with Crippen molar-refractivity contribution >= 4 is 22.7 Å². The third kappa shape index (κ3) is 3.22. The third-order valence-electron chi connectivity index (χ3n) is 5.05. The molecule has 0 spiro atoms. The van der Waals surface area contributed by atoms with Gasteiger partial charge in [-0.1, -0.05) is 35.4 Å². The van der Waals surface area contributed by atoms with Gasteiger partial charge in [0, 0.05) is 31.6 Å². The summed E-state index contributed by atoms with van der Waals surface area (Å²) in [5.74, 6) is 1.29. The molecule has 0 saturated carbocycles. The van der Waals surface area contributed by atoms with E-state index < -0.39 is 0 Å². The van der Waals surface area contributed by atoms with E-state index in [1.165, 1.54) is 16.7 Å². The normalized spacial score (nSPS) is 15.6. The first kappa shape index (κ1) is 16.8. The lowest BCUT2D eigenvalue weighted by Crippen LogP contribution is -2.45. The molecule has 2 N–H and O–H groups in total. The zero-order valence-corrected chi connectivity index (χ0v) is 15.7. The molecule has 5 heteroatoms. The van der Waals surface area contributed by atoms with Gasteiger partial charge >= 0.3 is 0 Å². The number of nitrogen functional groups attached to an aromatic ring is 1. The largest absolute Gasteiger partial charge is 0.368 e. The highest BCUT2D eigenvalue weighted by Gasteiger charge is 2.19. The van der Waals surface area contributed by atoms with E-state index in [2.05, 4.69) is 77.1 Å². The van der Waals surface area contributed by atoms with Crippen LogP contribution in [0.4, 0.5) is 11.8 Å². The Morgan fingerprint density at radius 2 is 1.54 bits per heavy atom. The van der Waals surface area contributed by atoms with Gasteiger partial charge in [0.05, 0.1) is 5.52 Å². The SMILES string of the molecule is Cc1cc(C)cc(-c2ccc3c(N4CCN(C)CC4)nc(N)nc3c2)c1. The third-order valence-corrected chi connectivity index (χ3v) is 5.05. The number of nitrogens with two attached hydrogens (primary N) is 1. The van der Waals surface area contributed by atoms with Crippen molar-refractivity contribution in [3.05, 3.63) is 47.5 Å². The summed E-state index contributed by atoms with van der Waals surface area (Å²) in [6, 6.07) is 13.0. The lowest BCUT2D eigenvalue weighted by atomic mass is 9.99. The molecule has 4 rings (SSSR count). The number of fused-ring (bicyclic) bond motifs is 1. The van der Waals surface area contributed by atoms with Crippen LogP contribution in [-0.2, 0) is 0 Å². The smallest absolute Gasteiger partial charge is 0.222 e. The Balaban J connectivity index is 1.79. The molecular formula is C21H25N5. The Labute approximate surface area is 154 Å². The molecule has 0 atom stereocenters. The molecule has 0 bridgehead atoms. The lowest BCUT2D eigenvalue weighted by molar-refractivity contribution is 0.312. The van der Waals surface area contributed by atoms with E-state index in [-0.39, 0.29) is 0 Å². The number of anilines is 2. The number of likely N-dealkylation sites (N-methyl/N-ethyl adjacent to an activating group) is 1. The summed E-state index contributed by atoms with van der Waals surface area (Å²) in [5, 5.41) is 1.07. The Kier molecular flexibility index (Phi) is 4.24. The van der Waals surface area contributed by atoms with Crippen molar-refractivity contribution in [2.75, 3.05) is 43.9 Å². The van der Waals surface area contributed by atoms with Crippen LogP contribution in [0.5, 0.6) is 0 Å². The fourth-order valence-corrected chi connectivity index (χ4v) is 3.71. The second-order valence-electron chi connectivity index (χ2n) is 7.30. The zero-order chi connectivity index (χ0) is 18.3. The maximum Gasteiger partial charge on any atom is 0.222 e. The highest BCUT2D eigenvalue weighted by atomic mass is 15.3. The fraction of sp³-hybridized carbons (Fsp3) is 0.333. The maximum atomic E-state index is 6.04. The van der Waals surface area contributed by atoms with Gasteiger partial charge in [-0.15, -0.1) is 0 Å². The van der Waals surface area contributed by atoms with Gasteiger partial charge in [0.2, 0.25) is 5.95 Å². The Morgan fingerprint density at radius 1 is 0.846 bits per heavy atom. The number of hydrogen-bond donors (Lipinski definition) is 1. The van der Waals surface area contributed by atoms with E-state index in [1.54, 1.807) is 0 Å². The van der Waals surface area contributed by atoms with Crippen LogP contribution in [0.15, 0.2) is 36.4 Å². The highest BCUT2D eigenvalue weighted by Crippen LogP contribution is 2.30. The van der Waals surface area contributed by atoms with Gasteiger partial charge in [-0.25, -0.2) is 4.98 Å². The first-order chi connectivity index (χ1) is 12.5. The minimum atomic E-state index is 0.337. The summed E-state index contributed by atoms with van der Waals surface area (Å²) in [5.41, 5.74) is 11.8. The number of piperazine rings is 1. The standard InChI is InChI=1S/C21H25N5/c1-14-10-15(2)12-17(11-14)16-4-5-18-19(13-16)23-21(22)24-20(18)26-8-6-25(3)7-9-26/h4-5,10-13H,6-9H2,1-3H3,(H2,22,23,24). The molecule has 0 unspecified atom stereocenters. The van der Waals surface area contributed by atoms with Gasteiger partial charge in [0.1, 0.15) is 5.82 Å². The van der Waals surface area contributed by atoms with E-state index in [4.69, 9.17) is 5.73 Å². The van der Waals surface area contributed by atoms with Gasteiger partial charge in [-0.3, -0.25) is 0 Å². The minimum absolute atomic E-state index is 0.337. The number of hydrogen-bond acceptors (Lipinski definition) is 5. The monoisotopic (exact) mass is 347 g/mol. The second-order valence-corrected chi connectivity index (χ2v) is 7.30. The molecule has 0 amide bonds. The first-order valence-electron chi connectivity index (χ1n) is 9.09. The van der Waals surface area contributed by atoms with Crippen LogP contribution in [-0.4, -0.2) is 48.1 Å². The van der Waals surface area contributed by atoms with Gasteiger partial charge in [0.25, 0.3) is 0 Å². The number of nitrogens with zero attached hydrogens (tertiary/aromatic N) is 4. The number of aryl methyl sites for hydroxylation is 2. The molecule has 134 valence electrons. The lowest BCUT2D eigenvalue weighted by Gasteiger charge is -2.33. The summed E-state index contributed by atoms with van der Waals surface area (Å²) < 4.78 is 0. The van der Waals surface area contributed by atoms with Crippen LogP contribution >= 0.6 is 0 Å². The van der Waals surface area contributed by atoms with Crippen LogP contribution in [0.1, 0.15) is 11.1 Å². The summed E-state index contributed by atoms with van der Waals surface area (Å²) in [6.07, 6.45) is 0. The second kappa shape index (κ2) is 6.57. The molecule has 1 aliphatic heterocycles. The Morgan fingerprint density at radius 3 is 2.23 bits per heavy atom. The topological polar surface area (TPSA) is 58.3 Å². The summed E-state index contributed by atoms with van der Waals surface area (Å²) >= 11 is 0. The van der Waals surface area contributed by atoms with Crippen molar-refractivity contribution < 1.29 is 0 Å². The van der Waals surface area contributed by atoms with E-state index >= 15 is 0 Å². The summed E-state index contributed by atoms with van der Waals surface area (Å²) in [7, 11) is 2.15. The average molecular weight is 347 g/mol. The van der Waals surface area contributed by atoms with Crippen LogP contribution < -0.4 is 10.6 Å². The molecule has 5 nitrogen and oxygen atoms in total. The molecule has 0 radical (unpaired) electrons. The molecular weight excluding hydrogens is 322 g/mol. The average Bonchev–Trinajstić information content (AvgIpc) is 2.60. The van der Waals surface area contributed by atoms with Gasteiger partial charge in [-0.05, 0) is 44.2 Å². The molecule has 1 saturated heterocycles. The van der Waals surface area contributed by atoms with Gasteiger partial charge < -0.3 is 15.5 Å². The Hall–Kier alpha value is -2.66. The molecule has 1 aliphatic rings. The molecule has 1 aromatic heterocycles. The van der Waals surface area contributed by atoms with Crippen LogP contribution in [0, 0.1) is 13.8 Å². The van der Waals surface area contributed by atoms with Crippen molar-refractivity contribution in [2.24, 2.45) is 0 Å². The van der Waals surface area contributed by atoms with Crippen molar-refractivity contribution in [2.45, 2.75) is 13.8 Å². The predicted molar refractivity (Wildman–Crippen MR) is 109 cm³/mol. The zero-order valence-electron chi connectivity index (χ0n) is 15.7. The molecule has 1 fully saturated rings. The molecule has 2 aromatic carbocycles. The van der Waals surface area contributed by atoms with E-state index in [9.17, 15) is 0 Å². The minimum Gasteiger partial charge on any atom is -0.368 e. The van der Waals surface area contributed by atoms with Crippen molar-refractivity contribution in [1.29, 1.82) is 0 Å². The molecule has 3 aromatic rings. The van der Waals surface area contributed by atoms with Crippen LogP contribution in [0.2, 0.25) is 0 Å². The number of aromatic nitrogens is 2. The quantitative estimate of drug-likeness (QED) is 0.771. The Bertz CT molecular complexity index is 938. The highest BCUT2D eigenvalue weighted by molar-refractivity contribution is 5.93. The fourth-order valence-electron chi connectivity index (χ4n) is 3.71. The molecule has 26 heavy (non-hydrogen) atoms. The summed E-state index contributed by atoms with van der Waals surface area (Å²) in [6.45, 7) is 8.24. The summed E-state index contributed by atoms with van der Waals surface area (Å²) in [4.78, 5) is 13.7. The predicted octanol–water partition coefficient (Wildman–Crippen LogP) is 3.25. The number of benzene rings is 2. The van der Waals surface area contributed by atoms with E-state index in [0.29, 0.717) is 5.95 Å². The van der Waals surface area contributed by atoms with Crippen molar-refractivity contribution in [3.63, 3.8) is 0 Å². The van der Waals surface area contributed by atoms with Crippen molar-refractivity contribution in [3.8, 4) is 11.1 Å². The molecule has 0 aliphatic carbocycles. The maximum absolute atomic E-state index is 6.04.